The van der Waals surface area contributed by atoms with Crippen molar-refractivity contribution in [3.8, 4) is 0 Å². The van der Waals surface area contributed by atoms with E-state index in [4.69, 9.17) is 0 Å². The molecule has 2 aromatic rings. The van der Waals surface area contributed by atoms with Crippen molar-refractivity contribution in [3.63, 3.8) is 0 Å². The number of rotatable bonds is 6. The molecule has 1 aliphatic heterocycles. The molecule has 126 valence electrons. The van der Waals surface area contributed by atoms with Crippen molar-refractivity contribution in [2.45, 2.75) is 39.4 Å². The van der Waals surface area contributed by atoms with Crippen LogP contribution in [-0.4, -0.2) is 22.8 Å². The van der Waals surface area contributed by atoms with Crippen molar-refractivity contribution in [2.75, 3.05) is 0 Å². The monoisotopic (exact) mass is 342 g/mol. The maximum absolute atomic E-state index is 12.8. The van der Waals surface area contributed by atoms with Crippen LogP contribution in [0.3, 0.4) is 0 Å². The van der Waals surface area contributed by atoms with Gasteiger partial charge in [-0.2, -0.15) is 0 Å². The zero-order valence-corrected chi connectivity index (χ0v) is 14.8. The molecule has 1 aromatic heterocycles. The van der Waals surface area contributed by atoms with Gasteiger partial charge in [-0.1, -0.05) is 38.1 Å². The summed E-state index contributed by atoms with van der Waals surface area (Å²) in [5, 5.41) is 4.99. The Hall–Kier alpha value is -2.14. The smallest absolute Gasteiger partial charge is 0.255 e. The number of fused-ring (bicyclic) bond motifs is 1. The minimum Gasteiger partial charge on any atom is -0.349 e. The van der Waals surface area contributed by atoms with Crippen LogP contribution in [0.2, 0.25) is 0 Å². The molecule has 0 fully saturated rings. The van der Waals surface area contributed by atoms with Gasteiger partial charge in [0.1, 0.15) is 6.04 Å². The molecule has 1 aliphatic rings. The normalized spacial score (nSPS) is 14.8. The van der Waals surface area contributed by atoms with E-state index in [2.05, 4.69) is 19.2 Å². The Morgan fingerprint density at radius 1 is 1.25 bits per heavy atom. The van der Waals surface area contributed by atoms with Crippen LogP contribution in [0.1, 0.15) is 41.1 Å². The van der Waals surface area contributed by atoms with Crippen molar-refractivity contribution in [2.24, 2.45) is 5.92 Å². The summed E-state index contributed by atoms with van der Waals surface area (Å²) in [4.78, 5) is 28.3. The molecule has 1 unspecified atom stereocenters. The van der Waals surface area contributed by atoms with Gasteiger partial charge < -0.3 is 10.2 Å². The maximum atomic E-state index is 12.8. The Morgan fingerprint density at radius 3 is 2.71 bits per heavy atom. The summed E-state index contributed by atoms with van der Waals surface area (Å²) in [6, 6.07) is 11.2. The van der Waals surface area contributed by atoms with Crippen LogP contribution in [0, 0.1) is 5.92 Å². The molecule has 0 saturated heterocycles. The van der Waals surface area contributed by atoms with Gasteiger partial charge >= 0.3 is 0 Å². The van der Waals surface area contributed by atoms with Crippen LogP contribution in [0.25, 0.3) is 0 Å². The van der Waals surface area contributed by atoms with Gasteiger partial charge in [-0.15, -0.1) is 11.3 Å². The molecule has 0 spiro atoms. The van der Waals surface area contributed by atoms with Gasteiger partial charge in [0.05, 0.1) is 6.54 Å². The van der Waals surface area contributed by atoms with Crippen LogP contribution in [0.15, 0.2) is 41.8 Å². The van der Waals surface area contributed by atoms with E-state index in [-0.39, 0.29) is 11.8 Å². The largest absolute Gasteiger partial charge is 0.349 e. The van der Waals surface area contributed by atoms with Crippen molar-refractivity contribution in [1.29, 1.82) is 0 Å². The average Bonchev–Trinajstić information content (AvgIpc) is 3.19. The van der Waals surface area contributed by atoms with E-state index in [1.807, 2.05) is 41.8 Å². The second-order valence-electron chi connectivity index (χ2n) is 6.53. The SMILES string of the molecule is CC(C)CC(C(=O)NCc1cccs1)N1Cc2ccccc2C1=O. The molecule has 1 aromatic carbocycles. The molecule has 0 bridgehead atoms. The molecule has 2 heterocycles. The standard InChI is InChI=1S/C19H22N2O2S/c1-13(2)10-17(18(22)20-11-15-7-5-9-24-15)21-12-14-6-3-4-8-16(14)19(21)23/h3-9,13,17H,10-12H2,1-2H3,(H,20,22). The Labute approximate surface area is 146 Å². The first-order chi connectivity index (χ1) is 11.6. The van der Waals surface area contributed by atoms with Crippen molar-refractivity contribution >= 4 is 23.2 Å². The number of carbonyl (C=O) groups is 2. The Bertz CT molecular complexity index is 725. The molecule has 1 atom stereocenters. The van der Waals surface area contributed by atoms with Crippen LogP contribution in [-0.2, 0) is 17.9 Å². The first-order valence-corrected chi connectivity index (χ1v) is 9.13. The number of thiophene rings is 1. The van der Waals surface area contributed by atoms with E-state index in [1.165, 1.54) is 0 Å². The molecule has 4 nitrogen and oxygen atoms in total. The van der Waals surface area contributed by atoms with E-state index in [0.717, 1.165) is 16.0 Å². The fourth-order valence-corrected chi connectivity index (χ4v) is 3.70. The number of hydrogen-bond acceptors (Lipinski definition) is 3. The third-order valence-corrected chi connectivity index (χ3v) is 5.12. The molecular formula is C19H22N2O2S. The topological polar surface area (TPSA) is 49.4 Å². The van der Waals surface area contributed by atoms with Crippen LogP contribution in [0.5, 0.6) is 0 Å². The first-order valence-electron chi connectivity index (χ1n) is 8.25. The van der Waals surface area contributed by atoms with Gasteiger partial charge in [0.25, 0.3) is 5.91 Å². The molecule has 24 heavy (non-hydrogen) atoms. The third kappa shape index (κ3) is 3.51. The van der Waals surface area contributed by atoms with E-state index < -0.39 is 6.04 Å². The molecule has 1 N–H and O–H groups in total. The highest BCUT2D eigenvalue weighted by atomic mass is 32.1. The van der Waals surface area contributed by atoms with Gasteiger partial charge in [-0.05, 0) is 35.4 Å². The zero-order chi connectivity index (χ0) is 17.1. The summed E-state index contributed by atoms with van der Waals surface area (Å²) in [5.74, 6) is 0.222. The van der Waals surface area contributed by atoms with Gasteiger partial charge in [0.15, 0.2) is 0 Å². The van der Waals surface area contributed by atoms with Gasteiger partial charge in [-0.25, -0.2) is 0 Å². The van der Waals surface area contributed by atoms with Crippen molar-refractivity contribution in [1.82, 2.24) is 10.2 Å². The van der Waals surface area contributed by atoms with Crippen LogP contribution >= 0.6 is 11.3 Å². The summed E-state index contributed by atoms with van der Waals surface area (Å²) < 4.78 is 0. The molecule has 2 amide bonds. The molecule has 5 heteroatoms. The van der Waals surface area contributed by atoms with Crippen LogP contribution < -0.4 is 5.32 Å². The fourth-order valence-electron chi connectivity index (χ4n) is 3.06. The van der Waals surface area contributed by atoms with Gasteiger partial charge in [-0.3, -0.25) is 9.59 Å². The van der Waals surface area contributed by atoms with E-state index in [1.54, 1.807) is 16.2 Å². The lowest BCUT2D eigenvalue weighted by atomic mass is 10.0. The zero-order valence-electron chi connectivity index (χ0n) is 14.0. The highest BCUT2D eigenvalue weighted by Crippen LogP contribution is 2.27. The summed E-state index contributed by atoms with van der Waals surface area (Å²) >= 11 is 1.62. The number of nitrogens with zero attached hydrogens (tertiary/aromatic N) is 1. The van der Waals surface area contributed by atoms with E-state index in [0.29, 0.717) is 25.4 Å². The summed E-state index contributed by atoms with van der Waals surface area (Å²) in [6.07, 6.45) is 0.663. The van der Waals surface area contributed by atoms with Gasteiger partial charge in [0, 0.05) is 17.0 Å². The second kappa shape index (κ2) is 7.18. The lowest BCUT2D eigenvalue weighted by Gasteiger charge is -2.28. The number of carbonyl (C=O) groups excluding carboxylic acids is 2. The summed E-state index contributed by atoms with van der Waals surface area (Å²) in [7, 11) is 0. The molecule has 3 rings (SSSR count). The number of hydrogen-bond donors (Lipinski definition) is 1. The Morgan fingerprint density at radius 2 is 2.04 bits per heavy atom. The second-order valence-corrected chi connectivity index (χ2v) is 7.56. The number of amides is 2. The van der Waals surface area contributed by atoms with E-state index in [9.17, 15) is 9.59 Å². The minimum atomic E-state index is -0.426. The minimum absolute atomic E-state index is 0.0393. The van der Waals surface area contributed by atoms with Crippen LogP contribution in [0.4, 0.5) is 0 Å². The predicted octanol–water partition coefficient (Wildman–Crippen LogP) is 3.44. The molecule has 0 saturated carbocycles. The Balaban J connectivity index is 1.74. The van der Waals surface area contributed by atoms with Crippen molar-refractivity contribution < 1.29 is 9.59 Å². The van der Waals surface area contributed by atoms with Gasteiger partial charge in [0.2, 0.25) is 5.91 Å². The Kier molecular flexibility index (Phi) is 5.00. The highest BCUT2D eigenvalue weighted by molar-refractivity contribution is 7.09. The molecule has 0 radical (unpaired) electrons. The quantitative estimate of drug-likeness (QED) is 0.874. The summed E-state index contributed by atoms with van der Waals surface area (Å²) in [5.41, 5.74) is 1.72. The predicted molar refractivity (Wildman–Crippen MR) is 95.7 cm³/mol. The highest BCUT2D eigenvalue weighted by Gasteiger charge is 2.36. The third-order valence-electron chi connectivity index (χ3n) is 4.24. The van der Waals surface area contributed by atoms with E-state index >= 15 is 0 Å². The maximum Gasteiger partial charge on any atom is 0.255 e. The molecule has 0 aliphatic carbocycles. The number of benzene rings is 1. The molecular weight excluding hydrogens is 320 g/mol. The average molecular weight is 342 g/mol. The first kappa shape index (κ1) is 16.7. The lowest BCUT2D eigenvalue weighted by Crippen LogP contribution is -2.47. The van der Waals surface area contributed by atoms with Crippen molar-refractivity contribution in [3.05, 3.63) is 57.8 Å². The summed E-state index contributed by atoms with van der Waals surface area (Å²) in [6.45, 7) is 5.18. The fraction of sp³-hybridized carbons (Fsp3) is 0.368. The number of nitrogens with one attached hydrogen (secondary N) is 1. The lowest BCUT2D eigenvalue weighted by molar-refractivity contribution is -0.126.